The Hall–Kier alpha value is -1.39. The summed E-state index contributed by atoms with van der Waals surface area (Å²) in [5.41, 5.74) is 1.42. The molecule has 2 unspecified atom stereocenters. The van der Waals surface area contributed by atoms with Crippen molar-refractivity contribution >= 4 is 11.5 Å². The Labute approximate surface area is 120 Å². The van der Waals surface area contributed by atoms with E-state index in [9.17, 15) is 4.79 Å². The highest BCUT2D eigenvalue weighted by atomic mass is 16.5. The number of benzene rings is 1. The average molecular weight is 276 g/mol. The van der Waals surface area contributed by atoms with Crippen LogP contribution in [0.4, 0.5) is 5.69 Å². The molecular formula is C16H24N2O2. The summed E-state index contributed by atoms with van der Waals surface area (Å²) in [6.07, 6.45) is 1.49. The Morgan fingerprint density at radius 3 is 2.95 bits per heavy atom. The van der Waals surface area contributed by atoms with E-state index >= 15 is 0 Å². The summed E-state index contributed by atoms with van der Waals surface area (Å²) in [6.45, 7) is 5.76. The third-order valence-electron chi connectivity index (χ3n) is 4.17. The third-order valence-corrected chi connectivity index (χ3v) is 4.17. The Morgan fingerprint density at radius 2 is 2.25 bits per heavy atom. The molecule has 2 rings (SSSR count). The predicted octanol–water partition coefficient (Wildman–Crippen LogP) is 2.46. The number of nitrogens with one attached hydrogen (secondary N) is 2. The van der Waals surface area contributed by atoms with Gasteiger partial charge in [0, 0.05) is 31.3 Å². The lowest BCUT2D eigenvalue weighted by Crippen LogP contribution is -2.57. The van der Waals surface area contributed by atoms with E-state index < -0.39 is 0 Å². The molecule has 0 radical (unpaired) electrons. The van der Waals surface area contributed by atoms with Gasteiger partial charge in [-0.15, -0.1) is 0 Å². The minimum Gasteiger partial charge on any atom is -0.379 e. The number of hydrogen-bond acceptors (Lipinski definition) is 4. The van der Waals surface area contributed by atoms with E-state index in [1.54, 1.807) is 7.11 Å². The van der Waals surface area contributed by atoms with Crippen molar-refractivity contribution in [2.45, 2.75) is 38.3 Å². The first kappa shape index (κ1) is 15.0. The number of anilines is 1. The van der Waals surface area contributed by atoms with Crippen LogP contribution in [0.1, 0.15) is 37.0 Å². The second-order valence-electron chi connectivity index (χ2n) is 5.50. The van der Waals surface area contributed by atoms with Gasteiger partial charge in [-0.05, 0) is 32.0 Å². The molecular weight excluding hydrogens is 252 g/mol. The fourth-order valence-corrected chi connectivity index (χ4v) is 2.68. The van der Waals surface area contributed by atoms with Crippen molar-refractivity contribution in [2.75, 3.05) is 25.5 Å². The van der Waals surface area contributed by atoms with Crippen LogP contribution in [0.3, 0.4) is 0 Å². The van der Waals surface area contributed by atoms with Crippen molar-refractivity contribution in [3.05, 3.63) is 29.8 Å². The fourth-order valence-electron chi connectivity index (χ4n) is 2.68. The highest BCUT2D eigenvalue weighted by Crippen LogP contribution is 2.26. The van der Waals surface area contributed by atoms with Crippen LogP contribution < -0.4 is 10.6 Å². The minimum atomic E-state index is -0.263. The van der Waals surface area contributed by atoms with Gasteiger partial charge in [0.2, 0.25) is 0 Å². The van der Waals surface area contributed by atoms with Gasteiger partial charge in [0.25, 0.3) is 0 Å². The summed E-state index contributed by atoms with van der Waals surface area (Å²) in [4.78, 5) is 12.0. The van der Waals surface area contributed by atoms with Crippen molar-refractivity contribution in [2.24, 2.45) is 0 Å². The first-order valence-corrected chi connectivity index (χ1v) is 7.25. The molecule has 0 saturated carbocycles. The smallest absolute Gasteiger partial charge is 0.164 e. The molecule has 1 aromatic carbocycles. The Bertz CT molecular complexity index is 475. The number of rotatable bonds is 5. The molecule has 0 amide bonds. The molecule has 20 heavy (non-hydrogen) atoms. The number of ketones is 1. The molecule has 0 spiro atoms. The molecule has 110 valence electrons. The number of carbonyl (C=O) groups is 1. The summed E-state index contributed by atoms with van der Waals surface area (Å²) in [5.74, 6) is 0.168. The Kier molecular flexibility index (Phi) is 4.78. The molecule has 2 atom stereocenters. The van der Waals surface area contributed by atoms with E-state index in [0.29, 0.717) is 6.42 Å². The lowest BCUT2D eigenvalue weighted by molar-refractivity contribution is -0.0219. The highest BCUT2D eigenvalue weighted by Gasteiger charge is 2.37. The average Bonchev–Trinajstić information content (AvgIpc) is 2.49. The normalized spacial score (nSPS) is 26.2. The molecule has 1 saturated heterocycles. The number of hydrogen-bond donors (Lipinski definition) is 2. The van der Waals surface area contributed by atoms with Crippen LogP contribution in [0.25, 0.3) is 0 Å². The van der Waals surface area contributed by atoms with Crippen LogP contribution in [-0.2, 0) is 4.74 Å². The molecule has 1 aliphatic heterocycles. The molecule has 1 aliphatic rings. The van der Waals surface area contributed by atoms with Gasteiger partial charge in [0.05, 0.1) is 11.6 Å². The molecule has 0 aromatic heterocycles. The zero-order valence-electron chi connectivity index (χ0n) is 12.5. The van der Waals surface area contributed by atoms with E-state index in [-0.39, 0.29) is 17.4 Å². The van der Waals surface area contributed by atoms with E-state index in [2.05, 4.69) is 17.6 Å². The van der Waals surface area contributed by atoms with Gasteiger partial charge in [-0.3, -0.25) is 4.79 Å². The Morgan fingerprint density at radius 1 is 1.50 bits per heavy atom. The zero-order chi connectivity index (χ0) is 14.6. The summed E-state index contributed by atoms with van der Waals surface area (Å²) in [7, 11) is 1.74. The monoisotopic (exact) mass is 276 g/mol. The molecule has 1 heterocycles. The standard InChI is InChI=1S/C16H24N2O2/c1-4-14(19)12-7-5-6-8-13(12)18-15-9-10-17-11-16(15,2)20-3/h5-8,15,17-18H,4,9-11H2,1-3H3. The van der Waals surface area contributed by atoms with Gasteiger partial charge >= 0.3 is 0 Å². The van der Waals surface area contributed by atoms with Gasteiger partial charge in [-0.2, -0.15) is 0 Å². The third kappa shape index (κ3) is 3.02. The molecule has 1 aromatic rings. The zero-order valence-corrected chi connectivity index (χ0v) is 12.5. The maximum absolute atomic E-state index is 12.0. The van der Waals surface area contributed by atoms with Crippen molar-refractivity contribution in [3.63, 3.8) is 0 Å². The fraction of sp³-hybridized carbons (Fsp3) is 0.562. The predicted molar refractivity (Wildman–Crippen MR) is 81.4 cm³/mol. The number of Topliss-reactive ketones (excluding diaryl/α,β-unsaturated/α-hetero) is 1. The van der Waals surface area contributed by atoms with Crippen LogP contribution >= 0.6 is 0 Å². The quantitative estimate of drug-likeness (QED) is 0.811. The molecule has 0 bridgehead atoms. The Balaban J connectivity index is 2.23. The second-order valence-corrected chi connectivity index (χ2v) is 5.50. The topological polar surface area (TPSA) is 50.4 Å². The summed E-state index contributed by atoms with van der Waals surface area (Å²) >= 11 is 0. The van der Waals surface area contributed by atoms with Crippen molar-refractivity contribution in [1.29, 1.82) is 0 Å². The van der Waals surface area contributed by atoms with Crippen LogP contribution in [0.5, 0.6) is 0 Å². The van der Waals surface area contributed by atoms with Crippen LogP contribution in [0, 0.1) is 0 Å². The van der Waals surface area contributed by atoms with Crippen molar-refractivity contribution < 1.29 is 9.53 Å². The van der Waals surface area contributed by atoms with Crippen LogP contribution in [-0.4, -0.2) is 37.6 Å². The number of methoxy groups -OCH3 is 1. The summed E-state index contributed by atoms with van der Waals surface area (Å²) in [5, 5.41) is 6.88. The maximum Gasteiger partial charge on any atom is 0.164 e. The number of ether oxygens (including phenoxy) is 1. The van der Waals surface area contributed by atoms with Crippen LogP contribution in [0.15, 0.2) is 24.3 Å². The largest absolute Gasteiger partial charge is 0.379 e. The minimum absolute atomic E-state index is 0.168. The van der Waals surface area contributed by atoms with E-state index in [1.165, 1.54) is 0 Å². The SMILES string of the molecule is CCC(=O)c1ccccc1NC1CCNCC1(C)OC. The van der Waals surface area contributed by atoms with Gasteiger partial charge in [-0.1, -0.05) is 19.1 Å². The number of carbonyl (C=O) groups excluding carboxylic acids is 1. The number of piperidine rings is 1. The van der Waals surface area contributed by atoms with Gasteiger partial charge in [0.1, 0.15) is 0 Å². The van der Waals surface area contributed by atoms with E-state index in [1.807, 2.05) is 31.2 Å². The lowest BCUT2D eigenvalue weighted by atomic mass is 9.89. The molecule has 4 heteroatoms. The van der Waals surface area contributed by atoms with Gasteiger partial charge in [-0.25, -0.2) is 0 Å². The molecule has 2 N–H and O–H groups in total. The highest BCUT2D eigenvalue weighted by molar-refractivity contribution is 6.01. The summed E-state index contributed by atoms with van der Waals surface area (Å²) in [6, 6.07) is 7.92. The number of para-hydroxylation sites is 1. The second kappa shape index (κ2) is 6.37. The van der Waals surface area contributed by atoms with Gasteiger partial charge < -0.3 is 15.4 Å². The maximum atomic E-state index is 12.0. The van der Waals surface area contributed by atoms with E-state index in [0.717, 1.165) is 30.8 Å². The molecule has 0 aliphatic carbocycles. The van der Waals surface area contributed by atoms with Gasteiger partial charge in [0.15, 0.2) is 5.78 Å². The first-order valence-electron chi connectivity index (χ1n) is 7.25. The van der Waals surface area contributed by atoms with Crippen LogP contribution in [0.2, 0.25) is 0 Å². The van der Waals surface area contributed by atoms with Crippen molar-refractivity contribution in [3.8, 4) is 0 Å². The molecule has 1 fully saturated rings. The summed E-state index contributed by atoms with van der Waals surface area (Å²) < 4.78 is 5.68. The molecule has 4 nitrogen and oxygen atoms in total. The van der Waals surface area contributed by atoms with E-state index in [4.69, 9.17) is 4.74 Å². The lowest BCUT2D eigenvalue weighted by Gasteiger charge is -2.41. The first-order chi connectivity index (χ1) is 9.60. The van der Waals surface area contributed by atoms with Crippen molar-refractivity contribution in [1.82, 2.24) is 5.32 Å².